The van der Waals surface area contributed by atoms with Gasteiger partial charge in [0.15, 0.2) is 0 Å². The lowest BCUT2D eigenvalue weighted by atomic mass is 10.2. The molecule has 1 unspecified atom stereocenters. The van der Waals surface area contributed by atoms with Gasteiger partial charge < -0.3 is 4.90 Å². The van der Waals surface area contributed by atoms with Crippen LogP contribution in [0.5, 0.6) is 0 Å². The molecule has 0 fully saturated rings. The fourth-order valence-corrected chi connectivity index (χ4v) is 2.48. The van der Waals surface area contributed by atoms with Gasteiger partial charge in [-0.2, -0.15) is 5.10 Å². The number of rotatable bonds is 6. The fraction of sp³-hybridized carbons (Fsp3) is 0.385. The molecule has 0 saturated carbocycles. The monoisotopic (exact) mass is 348 g/mol. The second-order valence-corrected chi connectivity index (χ2v) is 6.20. The average molecular weight is 349 g/mol. The Balaban J connectivity index is 2.38. The van der Waals surface area contributed by atoms with Crippen LogP contribution in [0.1, 0.15) is 12.5 Å². The fourth-order valence-electron chi connectivity index (χ4n) is 1.19. The molecular weight excluding hydrogens is 331 g/mol. The third kappa shape index (κ3) is 6.56. The van der Waals surface area contributed by atoms with Gasteiger partial charge in [-0.3, -0.25) is 4.72 Å². The Morgan fingerprint density at radius 2 is 2.05 bits per heavy atom. The molecule has 1 aromatic rings. The molecule has 2 amide bonds. The number of urea groups is 1. The average Bonchev–Trinajstić information content (AvgIpc) is 2.41. The first-order valence-electron chi connectivity index (χ1n) is 6.23. The molecule has 8 heteroatoms. The Labute approximate surface area is 139 Å². The summed E-state index contributed by atoms with van der Waals surface area (Å²) in [6.45, 7) is 2.07. The summed E-state index contributed by atoms with van der Waals surface area (Å²) >= 11 is 13.3. The van der Waals surface area contributed by atoms with Crippen LogP contribution in [0.2, 0.25) is 10.0 Å². The molecule has 0 radical (unpaired) electrons. The Hall–Kier alpha value is -0.950. The smallest absolute Gasteiger partial charge is 0.306 e. The van der Waals surface area contributed by atoms with E-state index in [-0.39, 0.29) is 0 Å². The van der Waals surface area contributed by atoms with Crippen LogP contribution in [0.4, 0.5) is 4.79 Å². The van der Waals surface area contributed by atoms with Crippen molar-refractivity contribution in [2.75, 3.05) is 19.8 Å². The van der Waals surface area contributed by atoms with Gasteiger partial charge in [0.1, 0.15) is 0 Å². The van der Waals surface area contributed by atoms with Crippen molar-refractivity contribution in [2.24, 2.45) is 5.10 Å². The number of benzene rings is 1. The van der Waals surface area contributed by atoms with Gasteiger partial charge in [0, 0.05) is 17.4 Å². The maximum atomic E-state index is 11.5. The van der Waals surface area contributed by atoms with Crippen LogP contribution < -0.4 is 10.1 Å². The molecule has 1 rings (SSSR count). The molecule has 0 aromatic heterocycles. The summed E-state index contributed by atoms with van der Waals surface area (Å²) in [6.07, 6.45) is 1.41. The van der Waals surface area contributed by atoms with E-state index in [0.29, 0.717) is 21.7 Å². The van der Waals surface area contributed by atoms with E-state index in [0.717, 1.165) is 5.75 Å². The number of carbonyl (C=O) groups excluding carboxylic acids is 1. The van der Waals surface area contributed by atoms with Gasteiger partial charge in [0.05, 0.1) is 16.3 Å². The van der Waals surface area contributed by atoms with E-state index in [2.05, 4.69) is 27.1 Å². The highest BCUT2D eigenvalue weighted by molar-refractivity contribution is 7.97. The van der Waals surface area contributed by atoms with Gasteiger partial charge >= 0.3 is 6.03 Å². The van der Waals surface area contributed by atoms with Gasteiger partial charge in [-0.25, -0.2) is 10.2 Å². The van der Waals surface area contributed by atoms with E-state index < -0.39 is 6.03 Å². The van der Waals surface area contributed by atoms with Gasteiger partial charge in [-0.05, 0) is 45.1 Å². The Bertz CT molecular complexity index is 491. The van der Waals surface area contributed by atoms with Crippen molar-refractivity contribution < 1.29 is 4.79 Å². The second kappa shape index (κ2) is 9.15. The predicted molar refractivity (Wildman–Crippen MR) is 91.3 cm³/mol. The first-order valence-corrected chi connectivity index (χ1v) is 7.97. The number of amides is 2. The summed E-state index contributed by atoms with van der Waals surface area (Å²) < 4.78 is 2.64. The lowest BCUT2D eigenvalue weighted by Crippen LogP contribution is -2.32. The van der Waals surface area contributed by atoms with Crippen LogP contribution in [0.3, 0.4) is 0 Å². The second-order valence-electron chi connectivity index (χ2n) is 4.56. The Kier molecular flexibility index (Phi) is 7.88. The van der Waals surface area contributed by atoms with E-state index in [1.165, 1.54) is 18.2 Å². The first-order chi connectivity index (χ1) is 9.91. The molecule has 21 heavy (non-hydrogen) atoms. The zero-order valence-electron chi connectivity index (χ0n) is 12.1. The zero-order chi connectivity index (χ0) is 15.8. The molecule has 5 nitrogen and oxygen atoms in total. The van der Waals surface area contributed by atoms with Crippen molar-refractivity contribution in [3.05, 3.63) is 33.8 Å². The third-order valence-corrected chi connectivity index (χ3v) is 4.37. The van der Waals surface area contributed by atoms with Crippen molar-refractivity contribution >= 4 is 47.4 Å². The standard InChI is InChI=1S/C13H18Cl2N4OS/c1-9(19(2)3)8-21-18-13(20)17-16-7-10-11(14)5-4-6-12(10)15/h4-7,9H,8H2,1-3H3,(H2,17,18,20)/b16-7+. The van der Waals surface area contributed by atoms with E-state index >= 15 is 0 Å². The lowest BCUT2D eigenvalue weighted by Gasteiger charge is -2.18. The molecule has 0 bridgehead atoms. The van der Waals surface area contributed by atoms with Crippen molar-refractivity contribution in [3.8, 4) is 0 Å². The maximum Gasteiger partial charge on any atom is 0.345 e. The number of nitrogens with one attached hydrogen (secondary N) is 2. The minimum Gasteiger partial charge on any atom is -0.306 e. The summed E-state index contributed by atoms with van der Waals surface area (Å²) in [5.41, 5.74) is 2.92. The van der Waals surface area contributed by atoms with Crippen molar-refractivity contribution in [1.29, 1.82) is 0 Å². The normalized spacial score (nSPS) is 12.7. The van der Waals surface area contributed by atoms with E-state index in [4.69, 9.17) is 23.2 Å². The number of carbonyl (C=O) groups is 1. The highest BCUT2D eigenvalue weighted by Crippen LogP contribution is 2.21. The Morgan fingerprint density at radius 3 is 2.62 bits per heavy atom. The van der Waals surface area contributed by atoms with Crippen LogP contribution in [0.15, 0.2) is 23.3 Å². The third-order valence-electron chi connectivity index (χ3n) is 2.73. The van der Waals surface area contributed by atoms with Gasteiger partial charge in [-0.1, -0.05) is 29.3 Å². The molecule has 116 valence electrons. The van der Waals surface area contributed by atoms with E-state index in [1.54, 1.807) is 18.2 Å². The molecule has 1 aromatic carbocycles. The number of hydrazone groups is 1. The molecule has 0 saturated heterocycles. The van der Waals surface area contributed by atoms with Crippen LogP contribution >= 0.6 is 35.1 Å². The van der Waals surface area contributed by atoms with Crippen molar-refractivity contribution in [2.45, 2.75) is 13.0 Å². The number of hydrogen-bond acceptors (Lipinski definition) is 4. The van der Waals surface area contributed by atoms with Gasteiger partial charge in [0.2, 0.25) is 0 Å². The van der Waals surface area contributed by atoms with Crippen LogP contribution in [-0.2, 0) is 0 Å². The summed E-state index contributed by atoms with van der Waals surface area (Å²) in [6, 6.07) is 5.11. The van der Waals surface area contributed by atoms with Crippen LogP contribution in [-0.4, -0.2) is 43.0 Å². The van der Waals surface area contributed by atoms with Crippen molar-refractivity contribution in [1.82, 2.24) is 15.0 Å². The molecule has 0 aliphatic rings. The SMILES string of the molecule is CC(CSNC(=O)N/N=C/c1c(Cl)cccc1Cl)N(C)C. The summed E-state index contributed by atoms with van der Waals surface area (Å²) in [5.74, 6) is 0.778. The van der Waals surface area contributed by atoms with Crippen LogP contribution in [0.25, 0.3) is 0 Å². The number of nitrogens with zero attached hydrogens (tertiary/aromatic N) is 2. The van der Waals surface area contributed by atoms with Gasteiger partial charge in [-0.15, -0.1) is 0 Å². The summed E-state index contributed by atoms with van der Waals surface area (Å²) in [4.78, 5) is 13.6. The summed E-state index contributed by atoms with van der Waals surface area (Å²) in [5, 5.41) is 4.77. The lowest BCUT2D eigenvalue weighted by molar-refractivity contribution is 0.247. The number of halogens is 2. The molecule has 0 aliphatic heterocycles. The largest absolute Gasteiger partial charge is 0.345 e. The van der Waals surface area contributed by atoms with Crippen molar-refractivity contribution in [3.63, 3.8) is 0 Å². The minimum absolute atomic E-state index is 0.362. The van der Waals surface area contributed by atoms with Gasteiger partial charge in [0.25, 0.3) is 0 Å². The summed E-state index contributed by atoms with van der Waals surface area (Å²) in [7, 11) is 3.98. The quantitative estimate of drug-likeness (QED) is 0.471. The molecule has 0 heterocycles. The molecule has 0 spiro atoms. The molecule has 1 atom stereocenters. The van der Waals surface area contributed by atoms with E-state index in [9.17, 15) is 4.79 Å². The zero-order valence-corrected chi connectivity index (χ0v) is 14.4. The molecule has 0 aliphatic carbocycles. The first kappa shape index (κ1) is 18.1. The predicted octanol–water partition coefficient (Wildman–Crippen LogP) is 3.22. The Morgan fingerprint density at radius 1 is 1.43 bits per heavy atom. The number of hydrogen-bond donors (Lipinski definition) is 2. The minimum atomic E-state index is -0.398. The van der Waals surface area contributed by atoms with E-state index in [1.807, 2.05) is 14.1 Å². The molecule has 2 N–H and O–H groups in total. The topological polar surface area (TPSA) is 56.7 Å². The highest BCUT2D eigenvalue weighted by atomic mass is 35.5. The highest BCUT2D eigenvalue weighted by Gasteiger charge is 2.06. The maximum absolute atomic E-state index is 11.5. The van der Waals surface area contributed by atoms with Crippen LogP contribution in [0, 0.1) is 0 Å². The molecular formula is C13H18Cl2N4OS.